The molecule has 1 aliphatic heterocycles. The van der Waals surface area contributed by atoms with Crippen LogP contribution in [0.15, 0.2) is 48.5 Å². The summed E-state index contributed by atoms with van der Waals surface area (Å²) in [6.07, 6.45) is 0. The Morgan fingerprint density at radius 3 is 2.33 bits per heavy atom. The van der Waals surface area contributed by atoms with Crippen molar-refractivity contribution in [3.05, 3.63) is 59.8 Å². The maximum Gasteiger partial charge on any atom is 0.275 e. The number of fused-ring (bicyclic) bond motifs is 2. The van der Waals surface area contributed by atoms with Crippen molar-refractivity contribution in [3.8, 4) is 11.5 Å². The topological polar surface area (TPSA) is 57.4 Å². The summed E-state index contributed by atoms with van der Waals surface area (Å²) in [5.74, 6) is 0.871. The number of nitrogens with zero attached hydrogens (tertiary/aromatic N) is 1. The third-order valence-electron chi connectivity index (χ3n) is 4.40. The first-order valence-electron chi connectivity index (χ1n) is 8.14. The maximum absolute atomic E-state index is 6.14. The number of aromatic nitrogens is 1. The molecule has 0 spiro atoms. The van der Waals surface area contributed by atoms with Gasteiger partial charge in [-0.25, -0.2) is 0 Å². The molecule has 122 valence electrons. The zero-order chi connectivity index (χ0) is 16.9. The molecule has 1 unspecified atom stereocenters. The number of anilines is 1. The van der Waals surface area contributed by atoms with Crippen LogP contribution in [0, 0.1) is 0 Å². The molecular formula is C20H20N2O2. The second kappa shape index (κ2) is 5.13. The van der Waals surface area contributed by atoms with Gasteiger partial charge < -0.3 is 15.2 Å². The van der Waals surface area contributed by atoms with Gasteiger partial charge in [-0.2, -0.15) is 0 Å². The number of pyridine rings is 1. The Bertz CT molecular complexity index is 922. The van der Waals surface area contributed by atoms with Crippen LogP contribution in [-0.2, 0) is 5.79 Å². The van der Waals surface area contributed by atoms with Crippen LogP contribution >= 0.6 is 0 Å². The van der Waals surface area contributed by atoms with Crippen molar-refractivity contribution in [3.63, 3.8) is 0 Å². The predicted octanol–water partition coefficient (Wildman–Crippen LogP) is 4.58. The molecule has 1 aliphatic rings. The van der Waals surface area contributed by atoms with Crippen molar-refractivity contribution >= 4 is 16.6 Å². The van der Waals surface area contributed by atoms with Crippen molar-refractivity contribution in [2.75, 3.05) is 5.73 Å². The van der Waals surface area contributed by atoms with E-state index in [9.17, 15) is 0 Å². The van der Waals surface area contributed by atoms with Gasteiger partial charge in [0, 0.05) is 23.9 Å². The minimum absolute atomic E-state index is 0.273. The highest BCUT2D eigenvalue weighted by atomic mass is 16.7. The molecule has 1 atom stereocenters. The number of nitrogens with two attached hydrogens (primary N) is 1. The maximum atomic E-state index is 6.14. The van der Waals surface area contributed by atoms with Gasteiger partial charge in [-0.15, -0.1) is 0 Å². The number of hydrogen-bond donors (Lipinski definition) is 1. The summed E-state index contributed by atoms with van der Waals surface area (Å²) in [5, 5.41) is 0.955. The van der Waals surface area contributed by atoms with E-state index in [0.29, 0.717) is 17.2 Å². The summed E-state index contributed by atoms with van der Waals surface area (Å²) >= 11 is 0. The Hall–Kier alpha value is -2.75. The SMILES string of the molecule is CC(C)c1nc2cc3c(cc2cc1N)OC(C)(c1ccccc1)O3. The van der Waals surface area contributed by atoms with E-state index in [1.807, 2.05) is 55.5 Å². The van der Waals surface area contributed by atoms with E-state index >= 15 is 0 Å². The second-order valence-electron chi connectivity index (χ2n) is 6.63. The van der Waals surface area contributed by atoms with Crippen LogP contribution < -0.4 is 15.2 Å². The van der Waals surface area contributed by atoms with Crippen LogP contribution in [0.4, 0.5) is 5.69 Å². The van der Waals surface area contributed by atoms with Gasteiger partial charge in [0.05, 0.1) is 16.9 Å². The van der Waals surface area contributed by atoms with E-state index in [-0.39, 0.29) is 5.92 Å². The van der Waals surface area contributed by atoms with E-state index in [0.717, 1.165) is 22.2 Å². The van der Waals surface area contributed by atoms with Crippen LogP contribution in [0.25, 0.3) is 10.9 Å². The molecule has 0 saturated carbocycles. The fourth-order valence-electron chi connectivity index (χ4n) is 3.13. The zero-order valence-electron chi connectivity index (χ0n) is 14.0. The average molecular weight is 320 g/mol. The lowest BCUT2D eigenvalue weighted by Crippen LogP contribution is -2.31. The third-order valence-corrected chi connectivity index (χ3v) is 4.40. The van der Waals surface area contributed by atoms with Crippen molar-refractivity contribution in [1.82, 2.24) is 4.98 Å². The molecule has 0 saturated heterocycles. The van der Waals surface area contributed by atoms with Crippen molar-refractivity contribution in [2.45, 2.75) is 32.5 Å². The van der Waals surface area contributed by atoms with Gasteiger partial charge in [0.25, 0.3) is 5.79 Å². The molecule has 0 radical (unpaired) electrons. The van der Waals surface area contributed by atoms with Gasteiger partial charge in [-0.3, -0.25) is 4.98 Å². The summed E-state index contributed by atoms with van der Waals surface area (Å²) < 4.78 is 12.2. The Morgan fingerprint density at radius 2 is 1.67 bits per heavy atom. The van der Waals surface area contributed by atoms with Gasteiger partial charge >= 0.3 is 0 Å². The average Bonchev–Trinajstić information content (AvgIpc) is 2.89. The lowest BCUT2D eigenvalue weighted by molar-refractivity contribution is -0.0679. The van der Waals surface area contributed by atoms with Gasteiger partial charge in [0.1, 0.15) is 0 Å². The molecule has 0 amide bonds. The van der Waals surface area contributed by atoms with Gasteiger partial charge in [0.15, 0.2) is 11.5 Å². The molecule has 0 aliphatic carbocycles. The molecular weight excluding hydrogens is 300 g/mol. The lowest BCUT2D eigenvalue weighted by atomic mass is 10.1. The predicted molar refractivity (Wildman–Crippen MR) is 95.3 cm³/mol. The summed E-state index contributed by atoms with van der Waals surface area (Å²) in [6, 6.07) is 15.8. The van der Waals surface area contributed by atoms with Gasteiger partial charge in [-0.1, -0.05) is 44.2 Å². The Balaban J connectivity index is 1.80. The molecule has 4 nitrogen and oxygen atoms in total. The smallest absolute Gasteiger partial charge is 0.275 e. The van der Waals surface area contributed by atoms with E-state index in [4.69, 9.17) is 20.2 Å². The van der Waals surface area contributed by atoms with Crippen LogP contribution in [0.2, 0.25) is 0 Å². The Labute approximate surface area is 141 Å². The summed E-state index contributed by atoms with van der Waals surface area (Å²) in [4.78, 5) is 4.71. The number of ether oxygens (including phenoxy) is 2. The van der Waals surface area contributed by atoms with E-state index in [1.54, 1.807) is 0 Å². The summed E-state index contributed by atoms with van der Waals surface area (Å²) in [5.41, 5.74) is 9.60. The molecule has 4 heteroatoms. The zero-order valence-corrected chi connectivity index (χ0v) is 14.0. The molecule has 4 rings (SSSR count). The van der Waals surface area contributed by atoms with Gasteiger partial charge in [0.2, 0.25) is 0 Å². The van der Waals surface area contributed by atoms with Gasteiger partial charge in [-0.05, 0) is 18.1 Å². The molecule has 2 N–H and O–H groups in total. The molecule has 0 bridgehead atoms. The number of nitrogen functional groups attached to an aromatic ring is 1. The Morgan fingerprint density at radius 1 is 1.00 bits per heavy atom. The molecule has 1 aromatic heterocycles. The minimum atomic E-state index is -0.826. The monoisotopic (exact) mass is 320 g/mol. The van der Waals surface area contributed by atoms with Crippen LogP contribution in [-0.4, -0.2) is 4.98 Å². The quantitative estimate of drug-likeness (QED) is 0.750. The number of benzene rings is 2. The Kier molecular flexibility index (Phi) is 3.17. The van der Waals surface area contributed by atoms with Crippen LogP contribution in [0.5, 0.6) is 11.5 Å². The minimum Gasteiger partial charge on any atom is -0.445 e. The first kappa shape index (κ1) is 14.8. The van der Waals surface area contributed by atoms with Crippen molar-refractivity contribution in [1.29, 1.82) is 0 Å². The lowest BCUT2D eigenvalue weighted by Gasteiger charge is -2.23. The highest BCUT2D eigenvalue weighted by Gasteiger charge is 2.38. The normalized spacial score (nSPS) is 19.2. The van der Waals surface area contributed by atoms with Crippen molar-refractivity contribution < 1.29 is 9.47 Å². The number of hydrogen-bond acceptors (Lipinski definition) is 4. The molecule has 24 heavy (non-hydrogen) atoms. The van der Waals surface area contributed by atoms with E-state index in [1.165, 1.54) is 0 Å². The van der Waals surface area contributed by atoms with E-state index < -0.39 is 5.79 Å². The molecule has 2 aromatic carbocycles. The van der Waals surface area contributed by atoms with Crippen LogP contribution in [0.3, 0.4) is 0 Å². The second-order valence-corrected chi connectivity index (χ2v) is 6.63. The van der Waals surface area contributed by atoms with E-state index in [2.05, 4.69) is 13.8 Å². The van der Waals surface area contributed by atoms with Crippen LogP contribution in [0.1, 0.15) is 37.9 Å². The summed E-state index contributed by atoms with van der Waals surface area (Å²) in [6.45, 7) is 6.10. The highest BCUT2D eigenvalue weighted by molar-refractivity contribution is 5.86. The third kappa shape index (κ3) is 2.26. The fourth-order valence-corrected chi connectivity index (χ4v) is 3.13. The largest absolute Gasteiger partial charge is 0.445 e. The number of rotatable bonds is 2. The first-order chi connectivity index (χ1) is 11.5. The highest BCUT2D eigenvalue weighted by Crippen LogP contribution is 2.46. The first-order valence-corrected chi connectivity index (χ1v) is 8.14. The molecule has 2 heterocycles. The molecule has 3 aromatic rings. The standard InChI is InChI=1S/C20H20N2O2/c1-12(2)19-15(21)9-13-10-17-18(11-16(13)22-19)24-20(3,23-17)14-7-5-4-6-8-14/h4-12H,21H2,1-3H3. The molecule has 0 fully saturated rings. The van der Waals surface area contributed by atoms with Crippen molar-refractivity contribution in [2.24, 2.45) is 0 Å². The summed E-state index contributed by atoms with van der Waals surface area (Å²) in [7, 11) is 0. The fraction of sp³-hybridized carbons (Fsp3) is 0.250.